The first-order valence-electron chi connectivity index (χ1n) is 10.3. The zero-order valence-corrected chi connectivity index (χ0v) is 16.8. The first kappa shape index (κ1) is 18.6. The largest absolute Gasteiger partial charge is 0.370 e. The maximum atomic E-state index is 12.3. The van der Waals surface area contributed by atoms with E-state index in [-0.39, 0.29) is 23.4 Å². The summed E-state index contributed by atoms with van der Waals surface area (Å²) in [5, 5.41) is 8.95. The molecule has 0 radical (unpaired) electrons. The van der Waals surface area contributed by atoms with Gasteiger partial charge in [-0.15, -0.1) is 0 Å². The third kappa shape index (κ3) is 3.48. The molecule has 4 aliphatic rings. The summed E-state index contributed by atoms with van der Waals surface area (Å²) in [5.74, 6) is 1.32. The van der Waals surface area contributed by atoms with Crippen LogP contribution >= 0.6 is 0 Å². The van der Waals surface area contributed by atoms with Gasteiger partial charge in [0.2, 0.25) is 10.0 Å². The molecule has 7 heteroatoms. The Morgan fingerprint density at radius 3 is 2.75 bits per heavy atom. The average molecular weight is 402 g/mol. The zero-order chi connectivity index (χ0) is 19.4. The van der Waals surface area contributed by atoms with Crippen molar-refractivity contribution < 1.29 is 13.2 Å². The molecule has 3 heterocycles. The molecule has 4 atom stereocenters. The summed E-state index contributed by atoms with van der Waals surface area (Å²) in [6.45, 7) is 3.22. The Morgan fingerprint density at radius 2 is 2.04 bits per heavy atom. The minimum atomic E-state index is -3.17. The van der Waals surface area contributed by atoms with E-state index in [0.29, 0.717) is 23.9 Å². The summed E-state index contributed by atoms with van der Waals surface area (Å²) in [6, 6.07) is 9.93. The van der Waals surface area contributed by atoms with E-state index < -0.39 is 10.0 Å². The Bertz CT molecular complexity index is 890. The second-order valence-corrected chi connectivity index (χ2v) is 10.9. The molecule has 0 amide bonds. The molecule has 3 saturated heterocycles. The summed E-state index contributed by atoms with van der Waals surface area (Å²) in [5.41, 5.74) is 1.79. The van der Waals surface area contributed by atoms with Crippen LogP contribution in [0.2, 0.25) is 0 Å². The van der Waals surface area contributed by atoms with Gasteiger partial charge in [-0.3, -0.25) is 4.90 Å². The topological polar surface area (TPSA) is 82.4 Å². The highest BCUT2D eigenvalue weighted by Crippen LogP contribution is 2.54. The van der Waals surface area contributed by atoms with Crippen LogP contribution in [-0.2, 0) is 21.3 Å². The van der Waals surface area contributed by atoms with Gasteiger partial charge in [-0.2, -0.15) is 5.26 Å². The van der Waals surface area contributed by atoms with Crippen LogP contribution in [0.4, 0.5) is 0 Å². The molecule has 4 fully saturated rings. The molecule has 150 valence electrons. The van der Waals surface area contributed by atoms with Gasteiger partial charge < -0.3 is 4.74 Å². The van der Waals surface area contributed by atoms with Crippen molar-refractivity contribution in [3.05, 3.63) is 35.4 Å². The highest BCUT2D eigenvalue weighted by Gasteiger charge is 2.62. The fourth-order valence-electron chi connectivity index (χ4n) is 5.50. The van der Waals surface area contributed by atoms with Gasteiger partial charge in [0.1, 0.15) is 0 Å². The highest BCUT2D eigenvalue weighted by molar-refractivity contribution is 7.89. The van der Waals surface area contributed by atoms with Crippen LogP contribution < -0.4 is 4.72 Å². The Morgan fingerprint density at radius 1 is 1.25 bits per heavy atom. The average Bonchev–Trinajstić information content (AvgIpc) is 3.15. The lowest BCUT2D eigenvalue weighted by Crippen LogP contribution is -2.42. The molecule has 1 aliphatic carbocycles. The fraction of sp³-hybridized carbons (Fsp3) is 0.667. The van der Waals surface area contributed by atoms with Gasteiger partial charge in [0, 0.05) is 38.0 Å². The number of hydrogen-bond donors (Lipinski definition) is 1. The van der Waals surface area contributed by atoms with Crippen LogP contribution in [0.15, 0.2) is 24.3 Å². The number of sulfonamides is 1. The monoisotopic (exact) mass is 401 g/mol. The van der Waals surface area contributed by atoms with Crippen LogP contribution in [0.25, 0.3) is 0 Å². The molecule has 1 aromatic rings. The van der Waals surface area contributed by atoms with Crippen molar-refractivity contribution in [2.75, 3.05) is 25.4 Å². The van der Waals surface area contributed by atoms with E-state index in [1.54, 1.807) is 0 Å². The molecule has 1 aromatic carbocycles. The fourth-order valence-corrected chi connectivity index (χ4v) is 7.02. The van der Waals surface area contributed by atoms with Crippen LogP contribution in [0.1, 0.15) is 36.8 Å². The van der Waals surface area contributed by atoms with E-state index in [0.717, 1.165) is 45.3 Å². The summed E-state index contributed by atoms with van der Waals surface area (Å²) in [4.78, 5) is 2.43. The molecule has 1 saturated carbocycles. The van der Waals surface area contributed by atoms with Crippen molar-refractivity contribution >= 4 is 10.0 Å². The van der Waals surface area contributed by atoms with Crippen LogP contribution in [0.3, 0.4) is 0 Å². The zero-order valence-electron chi connectivity index (χ0n) is 16.0. The number of nitriles is 1. The van der Waals surface area contributed by atoms with Crippen molar-refractivity contribution in [1.29, 1.82) is 5.26 Å². The van der Waals surface area contributed by atoms with Crippen molar-refractivity contribution in [3.63, 3.8) is 0 Å². The van der Waals surface area contributed by atoms with Gasteiger partial charge in [0.05, 0.1) is 29.1 Å². The first-order valence-corrected chi connectivity index (χ1v) is 12.0. The van der Waals surface area contributed by atoms with Gasteiger partial charge in [-0.25, -0.2) is 13.1 Å². The summed E-state index contributed by atoms with van der Waals surface area (Å²) < 4.78 is 33.9. The van der Waals surface area contributed by atoms with Crippen molar-refractivity contribution in [1.82, 2.24) is 9.62 Å². The highest BCUT2D eigenvalue weighted by atomic mass is 32.2. The standard InChI is InChI=1S/C21H27N3O3S/c22-9-15-1-3-16(4-2-15)11-24-12-19-18(20-7-8-21(19,14-24)27-20)10-23-28(25,26)13-17-5-6-17/h1-4,17-20,23H,5-8,10-14H2/t18-,19+,20+,21+/m0/s1. The molecule has 2 bridgehead atoms. The maximum Gasteiger partial charge on any atom is 0.211 e. The van der Waals surface area contributed by atoms with Crippen molar-refractivity contribution in [3.8, 4) is 6.07 Å². The third-order valence-corrected chi connectivity index (χ3v) is 8.55. The maximum absolute atomic E-state index is 12.3. The Kier molecular flexibility index (Phi) is 4.51. The molecule has 1 spiro atoms. The number of likely N-dealkylation sites (tertiary alicyclic amines) is 1. The lowest BCUT2D eigenvalue weighted by Gasteiger charge is -2.29. The Hall–Kier alpha value is -1.46. The second-order valence-electron chi connectivity index (χ2n) is 9.08. The molecular weight excluding hydrogens is 374 g/mol. The van der Waals surface area contributed by atoms with E-state index in [1.807, 2.05) is 24.3 Å². The number of ether oxygens (including phenoxy) is 1. The van der Waals surface area contributed by atoms with E-state index >= 15 is 0 Å². The summed E-state index contributed by atoms with van der Waals surface area (Å²) in [7, 11) is -3.17. The van der Waals surface area contributed by atoms with Crippen LogP contribution in [0, 0.1) is 29.1 Å². The van der Waals surface area contributed by atoms with Gasteiger partial charge in [-0.1, -0.05) is 12.1 Å². The lowest BCUT2D eigenvalue weighted by atomic mass is 9.74. The Labute approximate surface area is 166 Å². The predicted octanol–water partition coefficient (Wildman–Crippen LogP) is 1.87. The molecule has 28 heavy (non-hydrogen) atoms. The van der Waals surface area contributed by atoms with E-state index in [4.69, 9.17) is 10.00 Å². The SMILES string of the molecule is N#Cc1ccc(CN2C[C@@H]3[C@H](CNS(=O)(=O)CC4CC4)[C@H]4CC[C@]3(C2)O4)cc1. The van der Waals surface area contributed by atoms with E-state index in [1.165, 1.54) is 5.56 Å². The van der Waals surface area contributed by atoms with Crippen molar-refractivity contribution in [2.24, 2.45) is 17.8 Å². The van der Waals surface area contributed by atoms with E-state index in [9.17, 15) is 8.42 Å². The molecular formula is C21H27N3O3S. The molecule has 5 rings (SSSR count). The first-order chi connectivity index (χ1) is 13.5. The number of nitrogens with one attached hydrogen (secondary N) is 1. The molecule has 0 unspecified atom stereocenters. The quantitative estimate of drug-likeness (QED) is 0.754. The minimum Gasteiger partial charge on any atom is -0.370 e. The summed E-state index contributed by atoms with van der Waals surface area (Å²) >= 11 is 0. The van der Waals surface area contributed by atoms with E-state index in [2.05, 4.69) is 15.7 Å². The van der Waals surface area contributed by atoms with Gasteiger partial charge >= 0.3 is 0 Å². The predicted molar refractivity (Wildman–Crippen MR) is 105 cm³/mol. The number of nitrogens with zero attached hydrogens (tertiary/aromatic N) is 2. The number of fused-ring (bicyclic) bond motifs is 1. The number of benzene rings is 1. The molecule has 0 aromatic heterocycles. The smallest absolute Gasteiger partial charge is 0.211 e. The number of hydrogen-bond acceptors (Lipinski definition) is 5. The normalized spacial score (nSPS) is 34.5. The molecule has 3 aliphatic heterocycles. The Balaban J connectivity index is 1.23. The lowest BCUT2D eigenvalue weighted by molar-refractivity contribution is 0.00220. The second kappa shape index (κ2) is 6.81. The number of rotatable bonds is 7. The summed E-state index contributed by atoms with van der Waals surface area (Å²) in [6.07, 6.45) is 4.41. The van der Waals surface area contributed by atoms with Crippen molar-refractivity contribution in [2.45, 2.75) is 43.9 Å². The molecule has 1 N–H and O–H groups in total. The minimum absolute atomic E-state index is 0.0934. The van der Waals surface area contributed by atoms with Gasteiger partial charge in [0.15, 0.2) is 0 Å². The van der Waals surface area contributed by atoms with Gasteiger partial charge in [0.25, 0.3) is 0 Å². The van der Waals surface area contributed by atoms with Crippen LogP contribution in [0.5, 0.6) is 0 Å². The third-order valence-electron chi connectivity index (χ3n) is 7.03. The van der Waals surface area contributed by atoms with Crippen LogP contribution in [-0.4, -0.2) is 50.4 Å². The van der Waals surface area contributed by atoms with Gasteiger partial charge in [-0.05, 0) is 49.3 Å². The molecule has 6 nitrogen and oxygen atoms in total.